The number of pyridine rings is 1. The van der Waals surface area contributed by atoms with E-state index in [0.717, 1.165) is 5.56 Å². The maximum atomic E-state index is 12.5. The first-order valence-corrected chi connectivity index (χ1v) is 8.40. The van der Waals surface area contributed by atoms with Crippen molar-refractivity contribution in [3.05, 3.63) is 53.3 Å². The van der Waals surface area contributed by atoms with Crippen LogP contribution in [0.1, 0.15) is 19.4 Å². The van der Waals surface area contributed by atoms with E-state index in [1.165, 1.54) is 25.3 Å². The molecular weight excluding hydrogens is 324 g/mol. The lowest BCUT2D eigenvalue weighted by Gasteiger charge is -2.26. The second kappa shape index (κ2) is 6.24. The highest BCUT2D eigenvalue weighted by atomic mass is 35.5. The largest absolute Gasteiger partial charge is 0.495 e. The molecule has 0 aliphatic heterocycles. The van der Waals surface area contributed by atoms with E-state index < -0.39 is 15.6 Å². The maximum Gasteiger partial charge on any atom is 0.241 e. The van der Waals surface area contributed by atoms with E-state index in [2.05, 4.69) is 9.71 Å². The zero-order valence-electron chi connectivity index (χ0n) is 12.5. The first-order chi connectivity index (χ1) is 10.3. The summed E-state index contributed by atoms with van der Waals surface area (Å²) in [6, 6.07) is 7.91. The summed E-state index contributed by atoms with van der Waals surface area (Å²) in [5.41, 5.74) is -0.0438. The van der Waals surface area contributed by atoms with Crippen LogP contribution in [-0.4, -0.2) is 20.5 Å². The van der Waals surface area contributed by atoms with Crippen molar-refractivity contribution in [3.63, 3.8) is 0 Å². The number of rotatable bonds is 5. The van der Waals surface area contributed by atoms with Crippen LogP contribution in [0.3, 0.4) is 0 Å². The third-order valence-electron chi connectivity index (χ3n) is 3.21. The topological polar surface area (TPSA) is 68.3 Å². The second-order valence-corrected chi connectivity index (χ2v) is 7.36. The van der Waals surface area contributed by atoms with Gasteiger partial charge in [0.2, 0.25) is 10.0 Å². The Balaban J connectivity index is 2.33. The lowest BCUT2D eigenvalue weighted by molar-refractivity contribution is 0.414. The minimum Gasteiger partial charge on any atom is -0.495 e. The van der Waals surface area contributed by atoms with Gasteiger partial charge in [0.25, 0.3) is 0 Å². The Morgan fingerprint density at radius 3 is 2.55 bits per heavy atom. The second-order valence-electron chi connectivity index (χ2n) is 5.27. The van der Waals surface area contributed by atoms with Gasteiger partial charge in [-0.15, -0.1) is 0 Å². The fourth-order valence-corrected chi connectivity index (χ4v) is 3.75. The molecule has 0 unspecified atom stereocenters. The highest BCUT2D eigenvalue weighted by Crippen LogP contribution is 2.28. The average Bonchev–Trinajstić information content (AvgIpc) is 2.47. The molecule has 0 saturated heterocycles. The van der Waals surface area contributed by atoms with Crippen molar-refractivity contribution in [2.45, 2.75) is 24.3 Å². The molecule has 0 spiro atoms. The van der Waals surface area contributed by atoms with Crippen molar-refractivity contribution in [1.29, 1.82) is 0 Å². The Kier molecular flexibility index (Phi) is 4.75. The first kappa shape index (κ1) is 16.7. The van der Waals surface area contributed by atoms with Gasteiger partial charge in [-0.1, -0.05) is 17.7 Å². The van der Waals surface area contributed by atoms with Gasteiger partial charge in [-0.3, -0.25) is 4.98 Å². The molecular formula is C15H17ClN2O3S. The number of aromatic nitrogens is 1. The van der Waals surface area contributed by atoms with Gasteiger partial charge in [-0.2, -0.15) is 0 Å². The van der Waals surface area contributed by atoms with Crippen molar-refractivity contribution >= 4 is 21.6 Å². The molecule has 1 aromatic carbocycles. The highest BCUT2D eigenvalue weighted by molar-refractivity contribution is 7.89. The van der Waals surface area contributed by atoms with E-state index in [0.29, 0.717) is 5.75 Å². The summed E-state index contributed by atoms with van der Waals surface area (Å²) in [4.78, 5) is 4.10. The number of halogens is 1. The predicted molar refractivity (Wildman–Crippen MR) is 85.6 cm³/mol. The van der Waals surface area contributed by atoms with Crippen molar-refractivity contribution < 1.29 is 13.2 Å². The molecule has 22 heavy (non-hydrogen) atoms. The molecule has 0 bridgehead atoms. The molecule has 0 radical (unpaired) electrons. The molecule has 2 rings (SSSR count). The molecule has 2 aromatic rings. The first-order valence-electron chi connectivity index (χ1n) is 6.54. The number of methoxy groups -OCH3 is 1. The number of sulfonamides is 1. The van der Waals surface area contributed by atoms with E-state index >= 15 is 0 Å². The lowest BCUT2D eigenvalue weighted by Crippen LogP contribution is -2.40. The molecule has 1 aromatic heterocycles. The summed E-state index contributed by atoms with van der Waals surface area (Å²) in [5.74, 6) is 0.423. The molecule has 5 nitrogen and oxygen atoms in total. The summed E-state index contributed by atoms with van der Waals surface area (Å²) >= 11 is 6.00. The third kappa shape index (κ3) is 3.58. The summed E-state index contributed by atoms with van der Waals surface area (Å²) in [7, 11) is -2.26. The fourth-order valence-electron chi connectivity index (χ4n) is 2.00. The number of nitrogens with one attached hydrogen (secondary N) is 1. The molecule has 0 amide bonds. The van der Waals surface area contributed by atoms with Crippen LogP contribution in [0.15, 0.2) is 47.6 Å². The average molecular weight is 341 g/mol. The van der Waals surface area contributed by atoms with Crippen LogP contribution in [0, 0.1) is 0 Å². The van der Waals surface area contributed by atoms with Crippen LogP contribution in [0.25, 0.3) is 0 Å². The number of hydrogen-bond acceptors (Lipinski definition) is 4. The highest BCUT2D eigenvalue weighted by Gasteiger charge is 2.28. The zero-order chi connectivity index (χ0) is 16.4. The van der Waals surface area contributed by atoms with Gasteiger partial charge in [-0.05, 0) is 43.7 Å². The van der Waals surface area contributed by atoms with Gasteiger partial charge in [0.15, 0.2) is 0 Å². The van der Waals surface area contributed by atoms with Crippen molar-refractivity contribution in [2.24, 2.45) is 0 Å². The Bertz CT molecular complexity index is 762. The third-order valence-corrected chi connectivity index (χ3v) is 5.16. The lowest BCUT2D eigenvalue weighted by atomic mass is 9.98. The molecule has 1 heterocycles. The summed E-state index contributed by atoms with van der Waals surface area (Å²) in [5, 5.41) is 0.240. The van der Waals surface area contributed by atoms with Gasteiger partial charge in [0, 0.05) is 12.4 Å². The van der Waals surface area contributed by atoms with Gasteiger partial charge in [0.05, 0.1) is 22.6 Å². The minimum atomic E-state index is -3.73. The van der Waals surface area contributed by atoms with Crippen molar-refractivity contribution in [3.8, 4) is 5.75 Å². The zero-order valence-corrected chi connectivity index (χ0v) is 14.1. The maximum absolute atomic E-state index is 12.5. The molecule has 1 N–H and O–H groups in total. The Morgan fingerprint density at radius 1 is 1.27 bits per heavy atom. The van der Waals surface area contributed by atoms with E-state index in [9.17, 15) is 8.42 Å². The molecule has 0 saturated carbocycles. The van der Waals surface area contributed by atoms with Gasteiger partial charge < -0.3 is 4.74 Å². The van der Waals surface area contributed by atoms with E-state index in [-0.39, 0.29) is 9.92 Å². The molecule has 0 fully saturated rings. The minimum absolute atomic E-state index is 0.0789. The quantitative estimate of drug-likeness (QED) is 0.908. The molecule has 118 valence electrons. The van der Waals surface area contributed by atoms with Gasteiger partial charge in [-0.25, -0.2) is 13.1 Å². The Labute approximate surface area is 135 Å². The number of nitrogens with zero attached hydrogens (tertiary/aromatic N) is 1. The summed E-state index contributed by atoms with van der Waals surface area (Å²) in [6.07, 6.45) is 3.26. The van der Waals surface area contributed by atoms with Crippen LogP contribution in [0.5, 0.6) is 5.75 Å². The SMILES string of the molecule is COc1ccc(S(=O)(=O)NC(C)(C)c2cccnc2)cc1Cl. The fraction of sp³-hybridized carbons (Fsp3) is 0.267. The summed E-state index contributed by atoms with van der Waals surface area (Å²) in [6.45, 7) is 3.54. The van der Waals surface area contributed by atoms with Crippen LogP contribution in [0.2, 0.25) is 5.02 Å². The molecule has 0 aliphatic carbocycles. The van der Waals surface area contributed by atoms with E-state index in [1.54, 1.807) is 32.3 Å². The normalized spacial score (nSPS) is 12.2. The van der Waals surface area contributed by atoms with Gasteiger partial charge >= 0.3 is 0 Å². The van der Waals surface area contributed by atoms with E-state index in [4.69, 9.17) is 16.3 Å². The Hall–Kier alpha value is -1.63. The van der Waals surface area contributed by atoms with Crippen LogP contribution in [-0.2, 0) is 15.6 Å². The standard InChI is InChI=1S/C15H17ClN2O3S/c1-15(2,11-5-4-8-17-10-11)18-22(19,20)12-6-7-14(21-3)13(16)9-12/h4-10,18H,1-3H3. The predicted octanol–water partition coefficient (Wildman–Crippen LogP) is 2.96. The van der Waals surface area contributed by atoms with Crippen LogP contribution < -0.4 is 9.46 Å². The smallest absolute Gasteiger partial charge is 0.241 e. The number of ether oxygens (including phenoxy) is 1. The van der Waals surface area contributed by atoms with Crippen molar-refractivity contribution in [1.82, 2.24) is 9.71 Å². The summed E-state index contributed by atoms with van der Waals surface area (Å²) < 4.78 is 32.8. The molecule has 7 heteroatoms. The Morgan fingerprint density at radius 2 is 2.00 bits per heavy atom. The molecule has 0 atom stereocenters. The number of hydrogen-bond donors (Lipinski definition) is 1. The van der Waals surface area contributed by atoms with Crippen LogP contribution >= 0.6 is 11.6 Å². The number of benzene rings is 1. The van der Waals surface area contributed by atoms with Gasteiger partial charge in [0.1, 0.15) is 5.75 Å². The molecule has 0 aliphatic rings. The van der Waals surface area contributed by atoms with E-state index in [1.807, 2.05) is 6.07 Å². The monoisotopic (exact) mass is 340 g/mol. The van der Waals surface area contributed by atoms with Crippen molar-refractivity contribution in [2.75, 3.05) is 7.11 Å². The van der Waals surface area contributed by atoms with Crippen LogP contribution in [0.4, 0.5) is 0 Å².